The van der Waals surface area contributed by atoms with E-state index in [2.05, 4.69) is 0 Å². The number of ketones is 3. The molecule has 0 fully saturated rings. The summed E-state index contributed by atoms with van der Waals surface area (Å²) in [6.45, 7) is -0.0468. The number of nitro groups is 1. The topological polar surface area (TPSA) is 383 Å². The first-order chi connectivity index (χ1) is 64.3. The van der Waals surface area contributed by atoms with Gasteiger partial charge in [-0.1, -0.05) is 146 Å². The monoisotopic (exact) mass is 1850 g/mol. The van der Waals surface area contributed by atoms with Crippen LogP contribution in [0.25, 0.3) is 0 Å². The number of ether oxygens (including phenoxy) is 2. The van der Waals surface area contributed by atoms with E-state index in [0.29, 0.717) is 45.1 Å². The summed E-state index contributed by atoms with van der Waals surface area (Å²) in [6.07, 6.45) is 5.80. The van der Waals surface area contributed by atoms with Gasteiger partial charge in [-0.25, -0.2) is 39.9 Å². The third kappa shape index (κ3) is 30.1. The van der Waals surface area contributed by atoms with E-state index in [1.165, 1.54) is 111 Å². The number of nitrogens with zero attached hydrogens (tertiary/aromatic N) is 5. The maximum Gasteiger partial charge on any atom is 1.00 e. The molecule has 0 spiro atoms. The number of alkyl halides is 1. The van der Waals surface area contributed by atoms with Crippen molar-refractivity contribution in [2.75, 3.05) is 50.8 Å². The summed E-state index contributed by atoms with van der Waals surface area (Å²) >= 11 is 0. The Bertz CT molecular complexity index is 6640. The first-order valence-corrected chi connectivity index (χ1v) is 40.6. The third-order valence-corrected chi connectivity index (χ3v) is 20.5. The summed E-state index contributed by atoms with van der Waals surface area (Å²) in [5.41, 5.74) is 25.8. The van der Waals surface area contributed by atoms with Gasteiger partial charge >= 0.3 is 35.5 Å². The zero-order chi connectivity index (χ0) is 97.1. The molecule has 11 N–H and O–H groups in total. The predicted octanol–water partition coefficient (Wildman–Crippen LogP) is 13.7. The number of carboxylic acids is 1. The normalized spacial score (nSPS) is 11.5. The molecule has 0 unspecified atom stereocenters. The molecule has 14 rings (SSSR count). The summed E-state index contributed by atoms with van der Waals surface area (Å²) < 4.78 is 138. The molecule has 690 valence electrons. The van der Waals surface area contributed by atoms with E-state index < -0.39 is 104 Å². The van der Waals surface area contributed by atoms with Gasteiger partial charge in [-0.2, -0.15) is 0 Å². The molecule has 0 bridgehead atoms. The van der Waals surface area contributed by atoms with Gasteiger partial charge in [-0.05, 0) is 160 Å². The largest absolute Gasteiger partial charge is 1.00 e. The fourth-order valence-electron chi connectivity index (χ4n) is 13.4. The summed E-state index contributed by atoms with van der Waals surface area (Å²) in [6, 6.07) is 71.0. The second kappa shape index (κ2) is 51.7. The van der Waals surface area contributed by atoms with Crippen molar-refractivity contribution in [1.29, 1.82) is 0 Å². The van der Waals surface area contributed by atoms with Crippen molar-refractivity contribution in [3.05, 3.63) is 469 Å². The number of hydrogen-bond acceptors (Lipinski definition) is 18. The minimum absolute atomic E-state index is 0. The molecule has 4 heterocycles. The number of halogens is 9. The van der Waals surface area contributed by atoms with Crippen molar-refractivity contribution in [2.45, 2.75) is 69.2 Å². The van der Waals surface area contributed by atoms with Crippen LogP contribution in [0.15, 0.2) is 323 Å². The van der Waals surface area contributed by atoms with Crippen LogP contribution in [0.1, 0.15) is 132 Å². The average molecular weight is 1850 g/mol. The van der Waals surface area contributed by atoms with E-state index in [1.807, 2.05) is 121 Å². The number of carbonyl (C=O) groups is 4. The maximum absolute atomic E-state index is 13.6. The number of nitro benzene ring substituents is 1. The minimum Gasteiger partial charge on any atom is -1.00 e. The molecule has 0 saturated carbocycles. The standard InChI is InChI=1S/C28H23F2N3O5.C28H25F2N3O3.C22H19F2NO3.C13H9F2NO3.C8H11NO.CH3F.Na.H/c29-23-10-8-18(13-24(23)30)16-32-12-4-7-22(28(32)35)27(34)14-20(19-5-2-1-3-6-19)17-38-21-9-11-26(33(36)37)25(31)15-21;29-23-10-8-18(13-24(23)30)16-33-12-4-7-22(28(33)35)27(34)14-20(19-5-2-1-3-6-19)17-36-21-9-11-25(31)26(32)15-21;23-19-9-8-15(11-20(19)24)13-25-10-4-7-18(22(25)28)21(27)12-17(14-26)16-5-2-1-3-6-16;14-10-4-3-8(6-11(10)15)7-16-5-1-2-9(12(16)17)13(18)19;9-8(6-10)7-4-2-1-3-5-7;1-2;;/h1-13,15,20H,14,16-17,31H2;1-13,15,20H,14,16-17,31-32H2;1-11,17,26H,12-14H2;1-6H,7H2,(H,18,19);1-5,8,10H,6,9H2;1H3;;/q;;;;;;+1;-1/t2*20-;17-;;8-;;;/m000.0.../s1/i;;;;;1D;;. The SMILES string of the molecule is N[C@@H](CO)c1ccccc1.Nc1cc(OC[C@H](CC(=O)c2cccn(Cc3ccc(F)c(F)c3)c2=O)c2ccccc2)ccc1[N+](=O)[O-].Nc1ccc(OC[C@H](CC(=O)c2cccn(Cc3ccc(F)c(F)c3)c2=O)c2ccccc2)cc1N.O=C(C[C@@H](CO)c1ccccc1)c1cccn(Cc2ccc(F)c(F)c2)c1=O.O=C(O)c1cccn(Cc2ccc(F)c(F)c2)c1=O.[2H]CF.[H-].[Na+]. The van der Waals surface area contributed by atoms with Crippen LogP contribution in [0.2, 0.25) is 0 Å². The number of rotatable bonds is 31. The number of pyridine rings is 4. The second-order valence-electron chi connectivity index (χ2n) is 29.7. The molecule has 4 aromatic heterocycles. The van der Waals surface area contributed by atoms with Gasteiger partial charge in [-0.3, -0.25) is 48.1 Å². The van der Waals surface area contributed by atoms with Crippen molar-refractivity contribution < 1.29 is 121 Å². The van der Waals surface area contributed by atoms with Crippen molar-refractivity contribution in [2.24, 2.45) is 5.73 Å². The Hall–Kier alpha value is -14.9. The summed E-state index contributed by atoms with van der Waals surface area (Å²) in [5.74, 6) is -10.8. The molecule has 0 aliphatic heterocycles. The fourth-order valence-corrected chi connectivity index (χ4v) is 13.4. The Morgan fingerprint density at radius 1 is 0.388 bits per heavy atom. The van der Waals surface area contributed by atoms with Crippen LogP contribution in [0.3, 0.4) is 0 Å². The Morgan fingerprint density at radius 2 is 0.679 bits per heavy atom. The molecule has 10 aromatic carbocycles. The first-order valence-electron chi connectivity index (χ1n) is 41.3. The maximum atomic E-state index is 13.6. The zero-order valence-corrected chi connectivity index (χ0v) is 73.8. The van der Waals surface area contributed by atoms with Gasteiger partial charge in [0.05, 0.1) is 100 Å². The smallest absolute Gasteiger partial charge is 1.00 e. The first kappa shape index (κ1) is 103. The van der Waals surface area contributed by atoms with Gasteiger partial charge in [0.2, 0.25) is 0 Å². The van der Waals surface area contributed by atoms with E-state index >= 15 is 0 Å². The number of nitrogens with two attached hydrogens (primary N) is 4. The Morgan fingerprint density at radius 3 is 0.970 bits per heavy atom. The van der Waals surface area contributed by atoms with E-state index in [4.69, 9.17) is 44.0 Å². The van der Waals surface area contributed by atoms with Crippen LogP contribution < -0.4 is 84.2 Å². The number of carbonyl (C=O) groups excluding carboxylic acids is 3. The number of anilines is 3. The molecule has 14 aromatic rings. The summed E-state index contributed by atoms with van der Waals surface area (Å²) in [7, 11) is -1.00. The number of benzene rings is 10. The molecule has 0 saturated heterocycles. The molecule has 24 nitrogen and oxygen atoms in total. The van der Waals surface area contributed by atoms with E-state index in [-0.39, 0.29) is 160 Å². The molecule has 134 heavy (non-hydrogen) atoms. The number of aromatic nitrogens is 4. The Kier molecular flexibility index (Phi) is 39.7. The fraction of sp³-hybridized carbons (Fsp3) is 0.160. The van der Waals surface area contributed by atoms with E-state index in [0.717, 1.165) is 75.4 Å². The molecular weight excluding hydrogens is 1760 g/mol. The number of carboxylic acid groups (broad SMARTS) is 1. The molecule has 34 heteroatoms. The molecular formula is C100H91F9N9NaO15. The average Bonchev–Trinajstić information content (AvgIpc) is 0.993. The van der Waals surface area contributed by atoms with E-state index in [1.54, 1.807) is 36.4 Å². The Labute approximate surface area is 786 Å². The van der Waals surface area contributed by atoms with Gasteiger partial charge in [0.1, 0.15) is 22.7 Å². The minimum atomic E-state index is -1.33. The van der Waals surface area contributed by atoms with Crippen molar-refractivity contribution in [3.8, 4) is 11.5 Å². The molecule has 0 aliphatic rings. The summed E-state index contributed by atoms with van der Waals surface area (Å²) in [5, 5.41) is 38.1. The van der Waals surface area contributed by atoms with Gasteiger partial charge in [0.15, 0.2) is 63.9 Å². The summed E-state index contributed by atoms with van der Waals surface area (Å²) in [4.78, 5) is 111. The number of Topliss-reactive ketones (excluding diaryl/α,β-unsaturated/α-hetero) is 3. The van der Waals surface area contributed by atoms with Crippen LogP contribution in [-0.2, 0) is 26.2 Å². The van der Waals surface area contributed by atoms with Crippen LogP contribution in [0.4, 0.5) is 62.3 Å². The number of aliphatic hydroxyl groups excluding tert-OH is 2. The molecule has 4 atom stereocenters. The van der Waals surface area contributed by atoms with Crippen LogP contribution in [0, 0.1) is 56.7 Å². The van der Waals surface area contributed by atoms with Crippen LogP contribution in [-0.4, -0.2) is 95.4 Å². The number of aromatic carboxylic acids is 1. The molecule has 0 aliphatic carbocycles. The van der Waals surface area contributed by atoms with Crippen molar-refractivity contribution in [3.63, 3.8) is 0 Å². The van der Waals surface area contributed by atoms with E-state index in [9.17, 15) is 93.1 Å². The number of hydrogen-bond donors (Lipinski definition) is 7. The van der Waals surface area contributed by atoms with Crippen LogP contribution in [0.5, 0.6) is 11.5 Å². The van der Waals surface area contributed by atoms with Crippen molar-refractivity contribution >= 4 is 46.1 Å². The quantitative estimate of drug-likeness (QED) is 0.00530. The Balaban J connectivity index is 0.000000240. The number of nitrogen functional groups attached to an aromatic ring is 3. The van der Waals surface area contributed by atoms with Gasteiger partial charge in [-0.15, -0.1) is 0 Å². The third-order valence-electron chi connectivity index (χ3n) is 20.5. The van der Waals surface area contributed by atoms with Gasteiger partial charge in [0, 0.05) is 80.0 Å². The zero-order valence-electron chi connectivity index (χ0n) is 73.8. The number of aliphatic hydroxyl groups is 2. The van der Waals surface area contributed by atoms with Gasteiger partial charge in [0.25, 0.3) is 27.9 Å². The van der Waals surface area contributed by atoms with Crippen LogP contribution >= 0.6 is 0 Å². The molecule has 0 radical (unpaired) electrons. The predicted molar refractivity (Wildman–Crippen MR) is 485 cm³/mol. The van der Waals surface area contributed by atoms with Crippen molar-refractivity contribution in [1.82, 2.24) is 18.3 Å². The second-order valence-corrected chi connectivity index (χ2v) is 29.7. The molecule has 0 amide bonds. The van der Waals surface area contributed by atoms with Gasteiger partial charge < -0.3 is 67.4 Å².